The van der Waals surface area contributed by atoms with Gasteiger partial charge in [-0.1, -0.05) is 25.4 Å². The number of sulfonamides is 1. The van der Waals surface area contributed by atoms with Crippen LogP contribution in [0.2, 0.25) is 5.02 Å². The Bertz CT molecular complexity index is 526. The van der Waals surface area contributed by atoms with Crippen molar-refractivity contribution in [1.82, 2.24) is 4.72 Å². The van der Waals surface area contributed by atoms with Gasteiger partial charge in [-0.05, 0) is 30.5 Å². The minimum atomic E-state index is -3.52. The van der Waals surface area contributed by atoms with Crippen molar-refractivity contribution in [2.45, 2.75) is 25.7 Å². The Hall–Kier alpha value is -0.780. The molecule has 0 amide bonds. The van der Waals surface area contributed by atoms with E-state index in [0.29, 0.717) is 17.9 Å². The number of nitrogens with one attached hydrogen (secondary N) is 1. The van der Waals surface area contributed by atoms with Crippen molar-refractivity contribution in [2.75, 3.05) is 13.7 Å². The zero-order chi connectivity index (χ0) is 13.9. The number of ether oxygens (including phenoxy) is 1. The van der Waals surface area contributed by atoms with Crippen LogP contribution in [-0.2, 0) is 10.0 Å². The van der Waals surface area contributed by atoms with Crippen molar-refractivity contribution in [1.29, 1.82) is 0 Å². The van der Waals surface area contributed by atoms with Gasteiger partial charge in [0, 0.05) is 6.54 Å². The highest BCUT2D eigenvalue weighted by Crippen LogP contribution is 2.29. The SMILES string of the molecule is COc1cc(C)c(S(=O)(=O)NCC(C)C)cc1Cl. The molecule has 18 heavy (non-hydrogen) atoms. The maximum atomic E-state index is 12.1. The molecule has 1 aromatic rings. The van der Waals surface area contributed by atoms with Crippen LogP contribution in [0.3, 0.4) is 0 Å². The molecule has 1 aromatic carbocycles. The Morgan fingerprint density at radius 3 is 2.50 bits per heavy atom. The van der Waals surface area contributed by atoms with E-state index < -0.39 is 10.0 Å². The molecule has 0 heterocycles. The summed E-state index contributed by atoms with van der Waals surface area (Å²) >= 11 is 5.95. The first-order chi connectivity index (χ1) is 8.27. The molecular weight excluding hydrogens is 274 g/mol. The van der Waals surface area contributed by atoms with Gasteiger partial charge in [0.05, 0.1) is 17.0 Å². The van der Waals surface area contributed by atoms with Gasteiger partial charge in [-0.25, -0.2) is 13.1 Å². The predicted molar refractivity (Wildman–Crippen MR) is 72.8 cm³/mol. The summed E-state index contributed by atoms with van der Waals surface area (Å²) in [5.74, 6) is 0.714. The van der Waals surface area contributed by atoms with Gasteiger partial charge >= 0.3 is 0 Å². The second-order valence-corrected chi connectivity index (χ2v) is 6.64. The zero-order valence-corrected chi connectivity index (χ0v) is 12.5. The Morgan fingerprint density at radius 1 is 1.39 bits per heavy atom. The van der Waals surface area contributed by atoms with Crippen LogP contribution in [-0.4, -0.2) is 22.1 Å². The summed E-state index contributed by atoms with van der Waals surface area (Å²) in [4.78, 5) is 0.189. The molecule has 0 aliphatic carbocycles. The molecule has 0 aromatic heterocycles. The molecule has 1 N–H and O–H groups in total. The van der Waals surface area contributed by atoms with Crippen molar-refractivity contribution < 1.29 is 13.2 Å². The van der Waals surface area contributed by atoms with E-state index in [2.05, 4.69) is 4.72 Å². The highest BCUT2D eigenvalue weighted by atomic mass is 35.5. The molecule has 102 valence electrons. The Labute approximate surface area is 113 Å². The van der Waals surface area contributed by atoms with Crippen LogP contribution in [0.25, 0.3) is 0 Å². The number of hydrogen-bond acceptors (Lipinski definition) is 3. The first kappa shape index (κ1) is 15.3. The highest BCUT2D eigenvalue weighted by Gasteiger charge is 2.19. The topological polar surface area (TPSA) is 55.4 Å². The van der Waals surface area contributed by atoms with E-state index in [1.54, 1.807) is 13.0 Å². The van der Waals surface area contributed by atoms with Crippen molar-refractivity contribution in [3.63, 3.8) is 0 Å². The normalized spacial score (nSPS) is 11.9. The van der Waals surface area contributed by atoms with Crippen molar-refractivity contribution in [3.8, 4) is 5.75 Å². The minimum absolute atomic E-state index is 0.189. The number of aryl methyl sites for hydroxylation is 1. The van der Waals surface area contributed by atoms with Gasteiger partial charge in [-0.2, -0.15) is 0 Å². The van der Waals surface area contributed by atoms with Crippen molar-refractivity contribution in [2.24, 2.45) is 5.92 Å². The van der Waals surface area contributed by atoms with Gasteiger partial charge in [0.25, 0.3) is 0 Å². The summed E-state index contributed by atoms with van der Waals surface area (Å²) in [6.07, 6.45) is 0. The van der Waals surface area contributed by atoms with Crippen LogP contribution in [0, 0.1) is 12.8 Å². The predicted octanol–water partition coefficient (Wildman–Crippen LogP) is 2.59. The molecule has 0 radical (unpaired) electrons. The molecule has 0 unspecified atom stereocenters. The molecule has 4 nitrogen and oxygen atoms in total. The van der Waals surface area contributed by atoms with E-state index in [-0.39, 0.29) is 15.8 Å². The lowest BCUT2D eigenvalue weighted by molar-refractivity contribution is 0.414. The van der Waals surface area contributed by atoms with Crippen LogP contribution in [0.5, 0.6) is 5.75 Å². The lowest BCUT2D eigenvalue weighted by atomic mass is 10.2. The Morgan fingerprint density at radius 2 is 2.00 bits per heavy atom. The summed E-state index contributed by atoms with van der Waals surface area (Å²) < 4.78 is 31.8. The molecule has 0 fully saturated rings. The lowest BCUT2D eigenvalue weighted by Gasteiger charge is -2.13. The van der Waals surface area contributed by atoms with Crippen LogP contribution in [0.1, 0.15) is 19.4 Å². The first-order valence-electron chi connectivity index (χ1n) is 5.61. The number of hydrogen-bond donors (Lipinski definition) is 1. The Balaban J connectivity index is 3.13. The second kappa shape index (κ2) is 5.91. The maximum Gasteiger partial charge on any atom is 0.240 e. The smallest absolute Gasteiger partial charge is 0.240 e. The molecule has 0 aliphatic rings. The fourth-order valence-corrected chi connectivity index (χ4v) is 3.21. The van der Waals surface area contributed by atoms with Crippen LogP contribution in [0.15, 0.2) is 17.0 Å². The minimum Gasteiger partial charge on any atom is -0.495 e. The lowest BCUT2D eigenvalue weighted by Crippen LogP contribution is -2.28. The molecule has 6 heteroatoms. The van der Waals surface area contributed by atoms with Gasteiger partial charge in [0.1, 0.15) is 5.75 Å². The van der Waals surface area contributed by atoms with Gasteiger partial charge in [0.2, 0.25) is 10.0 Å². The molecule has 0 spiro atoms. The highest BCUT2D eigenvalue weighted by molar-refractivity contribution is 7.89. The summed E-state index contributed by atoms with van der Waals surface area (Å²) in [5, 5.41) is 0.285. The van der Waals surface area contributed by atoms with E-state index in [1.165, 1.54) is 13.2 Å². The van der Waals surface area contributed by atoms with Crippen LogP contribution < -0.4 is 9.46 Å². The molecule has 1 rings (SSSR count). The maximum absolute atomic E-state index is 12.1. The van der Waals surface area contributed by atoms with E-state index in [1.807, 2.05) is 13.8 Å². The quantitative estimate of drug-likeness (QED) is 0.907. The summed E-state index contributed by atoms with van der Waals surface area (Å²) in [6, 6.07) is 3.03. The fraction of sp³-hybridized carbons (Fsp3) is 0.500. The monoisotopic (exact) mass is 291 g/mol. The van der Waals surface area contributed by atoms with E-state index in [4.69, 9.17) is 16.3 Å². The summed E-state index contributed by atoms with van der Waals surface area (Å²) in [7, 11) is -2.03. The average Bonchev–Trinajstić information content (AvgIpc) is 2.29. The third-order valence-corrected chi connectivity index (χ3v) is 4.28. The van der Waals surface area contributed by atoms with Crippen molar-refractivity contribution in [3.05, 3.63) is 22.7 Å². The van der Waals surface area contributed by atoms with Gasteiger partial charge in [-0.3, -0.25) is 0 Å². The average molecular weight is 292 g/mol. The second-order valence-electron chi connectivity index (χ2n) is 4.50. The molecule has 0 saturated carbocycles. The molecule has 0 bridgehead atoms. The molecule has 0 aliphatic heterocycles. The van der Waals surface area contributed by atoms with Gasteiger partial charge < -0.3 is 4.74 Å². The van der Waals surface area contributed by atoms with Gasteiger partial charge in [0.15, 0.2) is 0 Å². The summed E-state index contributed by atoms with van der Waals surface area (Å²) in [6.45, 7) is 5.99. The number of rotatable bonds is 5. The third-order valence-electron chi connectivity index (χ3n) is 2.42. The van der Waals surface area contributed by atoms with E-state index in [9.17, 15) is 8.42 Å². The standard InChI is InChI=1S/C12H18ClNO3S/c1-8(2)7-14-18(15,16)12-6-10(13)11(17-4)5-9(12)3/h5-6,8,14H,7H2,1-4H3. The van der Waals surface area contributed by atoms with Gasteiger partial charge in [-0.15, -0.1) is 0 Å². The summed E-state index contributed by atoms with van der Waals surface area (Å²) in [5.41, 5.74) is 0.604. The van der Waals surface area contributed by atoms with E-state index in [0.717, 1.165) is 0 Å². The van der Waals surface area contributed by atoms with Crippen molar-refractivity contribution >= 4 is 21.6 Å². The van der Waals surface area contributed by atoms with E-state index >= 15 is 0 Å². The largest absolute Gasteiger partial charge is 0.495 e. The van der Waals surface area contributed by atoms with Crippen LogP contribution in [0.4, 0.5) is 0 Å². The Kier molecular flexibility index (Phi) is 5.01. The van der Waals surface area contributed by atoms with Crippen LogP contribution >= 0.6 is 11.6 Å². The zero-order valence-electron chi connectivity index (χ0n) is 11.0. The fourth-order valence-electron chi connectivity index (χ4n) is 1.44. The first-order valence-corrected chi connectivity index (χ1v) is 7.48. The number of methoxy groups -OCH3 is 1. The number of halogens is 1. The molecule has 0 atom stereocenters. The number of benzene rings is 1. The third kappa shape index (κ3) is 3.60. The molecule has 0 saturated heterocycles. The molecular formula is C12H18ClNO3S.